The van der Waals surface area contributed by atoms with Crippen LogP contribution < -0.4 is 4.90 Å². The van der Waals surface area contributed by atoms with E-state index in [1.54, 1.807) is 28.0 Å². The Hall–Kier alpha value is -3.46. The predicted molar refractivity (Wildman–Crippen MR) is 166 cm³/mol. The highest BCUT2D eigenvalue weighted by atomic mass is 35.5. The lowest BCUT2D eigenvalue weighted by Gasteiger charge is -2.39. The number of carbonyl (C=O) groups is 3. The van der Waals surface area contributed by atoms with Crippen molar-refractivity contribution < 1.29 is 24.2 Å². The van der Waals surface area contributed by atoms with Crippen molar-refractivity contribution in [2.45, 2.75) is 63.4 Å². The number of hydrogen-bond acceptors (Lipinski definition) is 5. The quantitative estimate of drug-likeness (QED) is 0.359. The smallest absolute Gasteiger partial charge is 0.253 e. The van der Waals surface area contributed by atoms with E-state index < -0.39 is 35.6 Å². The summed E-state index contributed by atoms with van der Waals surface area (Å²) >= 11 is 6.64. The average Bonchev–Trinajstić information content (AvgIpc) is 3.64. The molecule has 0 saturated carbocycles. The Morgan fingerprint density at radius 1 is 1.14 bits per heavy atom. The highest BCUT2D eigenvalue weighted by Gasteiger charge is 2.75. The second kappa shape index (κ2) is 12.6. The van der Waals surface area contributed by atoms with Crippen LogP contribution in [0.1, 0.15) is 37.3 Å². The largest absolute Gasteiger partial charge is 0.394 e. The van der Waals surface area contributed by atoms with Crippen LogP contribution in [-0.2, 0) is 25.7 Å². The molecule has 0 aromatic heterocycles. The van der Waals surface area contributed by atoms with E-state index in [0.29, 0.717) is 43.1 Å². The summed E-state index contributed by atoms with van der Waals surface area (Å²) < 4.78 is 6.67. The molecule has 2 aromatic rings. The third-order valence-corrected chi connectivity index (χ3v) is 9.55. The fourth-order valence-electron chi connectivity index (χ4n) is 7.40. The van der Waals surface area contributed by atoms with Crippen molar-refractivity contribution >= 4 is 35.0 Å². The van der Waals surface area contributed by atoms with Crippen LogP contribution in [0, 0.1) is 18.8 Å². The molecule has 3 aliphatic heterocycles. The number of nitrogens with zero attached hydrogens (tertiary/aromatic N) is 3. The van der Waals surface area contributed by atoms with E-state index in [9.17, 15) is 19.5 Å². The van der Waals surface area contributed by atoms with Gasteiger partial charge in [0, 0.05) is 19.6 Å². The number of ether oxygens (including phenoxy) is 1. The minimum Gasteiger partial charge on any atom is -0.394 e. The summed E-state index contributed by atoms with van der Waals surface area (Å²) in [5.74, 6) is -2.48. The Labute approximate surface area is 258 Å². The molecule has 228 valence electrons. The van der Waals surface area contributed by atoms with Gasteiger partial charge >= 0.3 is 0 Å². The molecule has 2 aromatic carbocycles. The highest BCUT2D eigenvalue weighted by Crippen LogP contribution is 2.59. The lowest BCUT2D eigenvalue weighted by Crippen LogP contribution is -2.59. The average molecular weight is 606 g/mol. The SMILES string of the molecule is C=CCN(Cc1ccccc1)C(=O)[C@@H]1[C@@H]2CCC3(O2)C(C(=O)N(CC=C)c2c(C)cccc2Cl)N([C@@H](CC)CO)C(=O)[C@H]13. The first-order valence-electron chi connectivity index (χ1n) is 15.0. The molecule has 3 fully saturated rings. The molecule has 43 heavy (non-hydrogen) atoms. The topological polar surface area (TPSA) is 90.4 Å². The standard InChI is InChI=1S/C34H40ClN3O5/c1-5-18-36(20-23-13-9-8-10-14-23)31(40)27-26-16-17-34(43-26)28(27)32(41)38(24(7-3)21-39)30(34)33(42)37(19-6-2)29-22(4)12-11-15-25(29)35/h5-6,8-15,24,26-28,30,39H,1-2,7,16-21H2,3-4H3/t24-,26-,27+,28-,30?,34?/m0/s1. The number of aliphatic hydroxyl groups excluding tert-OH is 1. The van der Waals surface area contributed by atoms with Gasteiger partial charge in [0.1, 0.15) is 11.6 Å². The van der Waals surface area contributed by atoms with Gasteiger partial charge in [-0.15, -0.1) is 13.2 Å². The third kappa shape index (κ3) is 5.19. The first-order chi connectivity index (χ1) is 20.7. The monoisotopic (exact) mass is 605 g/mol. The number of halogens is 1. The number of anilines is 1. The molecule has 5 rings (SSSR count). The zero-order chi connectivity index (χ0) is 30.9. The van der Waals surface area contributed by atoms with E-state index in [1.165, 1.54) is 4.90 Å². The summed E-state index contributed by atoms with van der Waals surface area (Å²) in [6, 6.07) is 13.4. The van der Waals surface area contributed by atoms with Crippen LogP contribution >= 0.6 is 11.6 Å². The van der Waals surface area contributed by atoms with Gasteiger partial charge in [0.15, 0.2) is 0 Å². The number of aryl methyl sites for hydroxylation is 1. The summed E-state index contributed by atoms with van der Waals surface area (Å²) in [6.07, 6.45) is 4.24. The Balaban J connectivity index is 1.58. The van der Waals surface area contributed by atoms with Crippen LogP contribution in [-0.4, -0.2) is 76.1 Å². The van der Waals surface area contributed by atoms with E-state index in [4.69, 9.17) is 16.3 Å². The van der Waals surface area contributed by atoms with Crippen molar-refractivity contribution in [1.29, 1.82) is 0 Å². The van der Waals surface area contributed by atoms with Gasteiger partial charge in [0.25, 0.3) is 5.91 Å². The van der Waals surface area contributed by atoms with Crippen molar-refractivity contribution in [3.05, 3.63) is 90.0 Å². The van der Waals surface area contributed by atoms with Crippen LogP contribution in [0.5, 0.6) is 0 Å². The van der Waals surface area contributed by atoms with Gasteiger partial charge in [0.05, 0.1) is 41.3 Å². The van der Waals surface area contributed by atoms with Crippen molar-refractivity contribution in [3.63, 3.8) is 0 Å². The van der Waals surface area contributed by atoms with Crippen molar-refractivity contribution in [3.8, 4) is 0 Å². The van der Waals surface area contributed by atoms with Crippen LogP contribution in [0.2, 0.25) is 5.02 Å². The van der Waals surface area contributed by atoms with Gasteiger partial charge in [-0.25, -0.2) is 0 Å². The second-order valence-corrected chi connectivity index (χ2v) is 12.1. The molecule has 2 bridgehead atoms. The number of fused-ring (bicyclic) bond motifs is 1. The van der Waals surface area contributed by atoms with Gasteiger partial charge in [-0.05, 0) is 43.4 Å². The summed E-state index contributed by atoms with van der Waals surface area (Å²) in [4.78, 5) is 48.3. The first-order valence-corrected chi connectivity index (χ1v) is 15.3. The summed E-state index contributed by atoms with van der Waals surface area (Å²) in [5.41, 5.74) is 1.10. The molecule has 9 heteroatoms. The molecular formula is C34H40ClN3O5. The molecule has 6 atom stereocenters. The Bertz CT molecular complexity index is 1380. The van der Waals surface area contributed by atoms with Crippen LogP contribution in [0.15, 0.2) is 73.8 Å². The fraction of sp³-hybridized carbons (Fsp3) is 0.441. The zero-order valence-electron chi connectivity index (χ0n) is 24.8. The van der Waals surface area contributed by atoms with Crippen molar-refractivity contribution in [2.24, 2.45) is 11.8 Å². The molecule has 0 aliphatic carbocycles. The molecule has 3 heterocycles. The molecule has 0 radical (unpaired) electrons. The minimum atomic E-state index is -1.21. The second-order valence-electron chi connectivity index (χ2n) is 11.7. The minimum absolute atomic E-state index is 0.161. The third-order valence-electron chi connectivity index (χ3n) is 9.25. The number of rotatable bonds is 12. The lowest BCUT2D eigenvalue weighted by molar-refractivity contribution is -0.147. The highest BCUT2D eigenvalue weighted by molar-refractivity contribution is 6.34. The molecule has 3 aliphatic rings. The van der Waals surface area contributed by atoms with Crippen LogP contribution in [0.4, 0.5) is 5.69 Å². The maximum absolute atomic E-state index is 14.8. The maximum Gasteiger partial charge on any atom is 0.253 e. The van der Waals surface area contributed by atoms with E-state index in [2.05, 4.69) is 13.2 Å². The molecule has 3 amide bonds. The maximum atomic E-state index is 14.8. The Morgan fingerprint density at radius 3 is 2.49 bits per heavy atom. The fourth-order valence-corrected chi connectivity index (χ4v) is 7.72. The summed E-state index contributed by atoms with van der Waals surface area (Å²) in [6.45, 7) is 12.0. The van der Waals surface area contributed by atoms with Gasteiger partial charge < -0.3 is 24.5 Å². The van der Waals surface area contributed by atoms with E-state index in [1.807, 2.05) is 56.3 Å². The van der Waals surface area contributed by atoms with Gasteiger partial charge in [-0.3, -0.25) is 14.4 Å². The first kappa shape index (κ1) is 31.0. The van der Waals surface area contributed by atoms with Crippen molar-refractivity contribution in [1.82, 2.24) is 9.80 Å². The normalized spacial score (nSPS) is 26.2. The Kier molecular flexibility index (Phi) is 9.11. The number of amides is 3. The Morgan fingerprint density at radius 2 is 1.86 bits per heavy atom. The van der Waals surface area contributed by atoms with Gasteiger partial charge in [-0.2, -0.15) is 0 Å². The van der Waals surface area contributed by atoms with Gasteiger partial charge in [-0.1, -0.05) is 73.1 Å². The number of aliphatic hydroxyl groups is 1. The summed E-state index contributed by atoms with van der Waals surface area (Å²) in [7, 11) is 0. The number of hydrogen-bond donors (Lipinski definition) is 1. The predicted octanol–water partition coefficient (Wildman–Crippen LogP) is 4.53. The number of para-hydroxylation sites is 1. The molecular weight excluding hydrogens is 566 g/mol. The number of carbonyl (C=O) groups excluding carboxylic acids is 3. The molecule has 1 N–H and O–H groups in total. The van der Waals surface area contributed by atoms with Gasteiger partial charge in [0.2, 0.25) is 11.8 Å². The summed E-state index contributed by atoms with van der Waals surface area (Å²) in [5, 5.41) is 10.8. The molecule has 1 spiro atoms. The van der Waals surface area contributed by atoms with E-state index in [0.717, 1.165) is 11.1 Å². The van der Waals surface area contributed by atoms with Crippen molar-refractivity contribution in [2.75, 3.05) is 24.6 Å². The van der Waals surface area contributed by atoms with E-state index in [-0.39, 0.29) is 30.9 Å². The molecule has 3 saturated heterocycles. The number of likely N-dealkylation sites (tertiary alicyclic amines) is 1. The van der Waals surface area contributed by atoms with E-state index >= 15 is 0 Å². The van der Waals surface area contributed by atoms with Crippen LogP contribution in [0.25, 0.3) is 0 Å². The zero-order valence-corrected chi connectivity index (χ0v) is 25.6. The lowest BCUT2D eigenvalue weighted by atomic mass is 9.70. The molecule has 8 nitrogen and oxygen atoms in total. The van der Waals surface area contributed by atoms with Crippen LogP contribution in [0.3, 0.4) is 0 Å². The number of benzene rings is 2. The molecule has 2 unspecified atom stereocenters.